The second-order valence-electron chi connectivity index (χ2n) is 8.49. The first kappa shape index (κ1) is 26.1. The van der Waals surface area contributed by atoms with Crippen molar-refractivity contribution in [2.45, 2.75) is 53.6 Å². The van der Waals surface area contributed by atoms with Gasteiger partial charge in [0.05, 0.1) is 29.8 Å². The smallest absolute Gasteiger partial charge is 0.337 e. The van der Waals surface area contributed by atoms with Crippen LogP contribution < -0.4 is 10.6 Å². The molecule has 8 heteroatoms. The third kappa shape index (κ3) is 6.68. The molecular formula is C25H34N2O6. The Bertz CT molecular complexity index is 961. The van der Waals surface area contributed by atoms with Crippen LogP contribution >= 0.6 is 0 Å². The summed E-state index contributed by atoms with van der Waals surface area (Å²) in [5.74, 6) is -2.13. The summed E-state index contributed by atoms with van der Waals surface area (Å²) in [7, 11) is 1.52. The Morgan fingerprint density at radius 1 is 1.00 bits per heavy atom. The van der Waals surface area contributed by atoms with Crippen LogP contribution in [0.2, 0.25) is 0 Å². The van der Waals surface area contributed by atoms with E-state index < -0.39 is 17.9 Å². The standard InChI is InChI=1S/C25H34N2O6/c1-14(2)23(28)27-19-10-8-9-18(13-19)22-20(24(29)32-12-11-31-7)16(5)26-17(6)21(22)25(30)33-15(3)4/h8-10,13-15,22,26H,11-12H2,1-7H3,(H,27,28)/t22-/m0/s1. The fourth-order valence-corrected chi connectivity index (χ4v) is 3.52. The highest BCUT2D eigenvalue weighted by molar-refractivity contribution is 6.00. The minimum Gasteiger partial charge on any atom is -0.460 e. The largest absolute Gasteiger partial charge is 0.460 e. The summed E-state index contributed by atoms with van der Waals surface area (Å²) >= 11 is 0. The van der Waals surface area contributed by atoms with E-state index in [0.717, 1.165) is 0 Å². The molecule has 0 aromatic heterocycles. The number of ether oxygens (including phenoxy) is 3. The quantitative estimate of drug-likeness (QED) is 0.430. The molecule has 2 rings (SSSR count). The van der Waals surface area contributed by atoms with Gasteiger partial charge < -0.3 is 24.8 Å². The van der Waals surface area contributed by atoms with E-state index in [1.807, 2.05) is 6.07 Å². The van der Waals surface area contributed by atoms with Gasteiger partial charge in [-0.3, -0.25) is 4.79 Å². The van der Waals surface area contributed by atoms with Crippen LogP contribution in [0, 0.1) is 5.92 Å². The van der Waals surface area contributed by atoms with E-state index in [1.165, 1.54) is 7.11 Å². The molecule has 0 bridgehead atoms. The van der Waals surface area contributed by atoms with Gasteiger partial charge in [0.25, 0.3) is 0 Å². The van der Waals surface area contributed by atoms with Crippen LogP contribution in [-0.4, -0.2) is 44.3 Å². The van der Waals surface area contributed by atoms with Crippen molar-refractivity contribution in [3.63, 3.8) is 0 Å². The van der Waals surface area contributed by atoms with E-state index in [4.69, 9.17) is 14.2 Å². The summed E-state index contributed by atoms with van der Waals surface area (Å²) in [6.07, 6.45) is -0.334. The average Bonchev–Trinajstić information content (AvgIpc) is 2.72. The molecule has 0 unspecified atom stereocenters. The van der Waals surface area contributed by atoms with Gasteiger partial charge in [0.2, 0.25) is 5.91 Å². The first-order valence-electron chi connectivity index (χ1n) is 11.0. The zero-order valence-corrected chi connectivity index (χ0v) is 20.4. The van der Waals surface area contributed by atoms with Gasteiger partial charge >= 0.3 is 11.9 Å². The molecule has 1 aliphatic heterocycles. The van der Waals surface area contributed by atoms with Gasteiger partial charge in [0, 0.05) is 30.1 Å². The molecular weight excluding hydrogens is 424 g/mol. The highest BCUT2D eigenvalue weighted by Gasteiger charge is 2.38. The number of hydrogen-bond acceptors (Lipinski definition) is 7. The third-order valence-corrected chi connectivity index (χ3v) is 5.08. The normalized spacial score (nSPS) is 16.1. The number of esters is 2. The summed E-state index contributed by atoms with van der Waals surface area (Å²) in [6.45, 7) is 11.0. The van der Waals surface area contributed by atoms with Crippen LogP contribution in [0.3, 0.4) is 0 Å². The first-order valence-corrected chi connectivity index (χ1v) is 11.0. The molecule has 0 aliphatic carbocycles. The molecule has 2 N–H and O–H groups in total. The number of methoxy groups -OCH3 is 1. The van der Waals surface area contributed by atoms with Gasteiger partial charge in [-0.2, -0.15) is 0 Å². The van der Waals surface area contributed by atoms with Crippen LogP contribution in [0.25, 0.3) is 0 Å². The predicted octanol–water partition coefficient (Wildman–Crippen LogP) is 3.66. The summed E-state index contributed by atoms with van der Waals surface area (Å²) in [6, 6.07) is 7.12. The Morgan fingerprint density at radius 3 is 2.21 bits per heavy atom. The van der Waals surface area contributed by atoms with Gasteiger partial charge in [-0.15, -0.1) is 0 Å². The molecule has 8 nitrogen and oxygen atoms in total. The molecule has 0 spiro atoms. The number of carbonyl (C=O) groups excluding carboxylic acids is 3. The number of allylic oxidation sites excluding steroid dienone is 2. The summed E-state index contributed by atoms with van der Waals surface area (Å²) in [5, 5.41) is 5.99. The predicted molar refractivity (Wildman–Crippen MR) is 125 cm³/mol. The van der Waals surface area contributed by atoms with Crippen LogP contribution in [0.15, 0.2) is 46.8 Å². The lowest BCUT2D eigenvalue weighted by Crippen LogP contribution is -2.33. The SMILES string of the molecule is COCCOC(=O)C1=C(C)NC(C)=C(C(=O)OC(C)C)[C@H]1c1cccc(NC(=O)C(C)C)c1. The maximum atomic E-state index is 13.1. The fourth-order valence-electron chi connectivity index (χ4n) is 3.52. The van der Waals surface area contributed by atoms with E-state index in [2.05, 4.69) is 10.6 Å². The van der Waals surface area contributed by atoms with E-state index >= 15 is 0 Å². The van der Waals surface area contributed by atoms with E-state index in [-0.39, 0.29) is 31.1 Å². The van der Waals surface area contributed by atoms with Gasteiger partial charge in [-0.25, -0.2) is 9.59 Å². The molecule has 1 aliphatic rings. The van der Waals surface area contributed by atoms with Crippen molar-refractivity contribution in [3.05, 3.63) is 52.4 Å². The molecule has 1 aromatic carbocycles. The monoisotopic (exact) mass is 458 g/mol. The zero-order valence-electron chi connectivity index (χ0n) is 20.4. The number of anilines is 1. The van der Waals surface area contributed by atoms with Crippen molar-refractivity contribution in [2.75, 3.05) is 25.6 Å². The Labute approximate surface area is 195 Å². The Kier molecular flexibility index (Phi) is 9.22. The van der Waals surface area contributed by atoms with E-state index in [1.54, 1.807) is 59.7 Å². The third-order valence-electron chi connectivity index (χ3n) is 5.08. The van der Waals surface area contributed by atoms with E-state index in [9.17, 15) is 14.4 Å². The number of carbonyl (C=O) groups is 3. The Hall–Kier alpha value is -3.13. The molecule has 0 fully saturated rings. The number of nitrogens with one attached hydrogen (secondary N) is 2. The number of rotatable bonds is 9. The van der Waals surface area contributed by atoms with Crippen LogP contribution in [0.5, 0.6) is 0 Å². The molecule has 0 radical (unpaired) electrons. The lowest BCUT2D eigenvalue weighted by molar-refractivity contribution is -0.143. The highest BCUT2D eigenvalue weighted by atomic mass is 16.6. The maximum Gasteiger partial charge on any atom is 0.337 e. The lowest BCUT2D eigenvalue weighted by atomic mass is 9.80. The van der Waals surface area contributed by atoms with Crippen molar-refractivity contribution in [3.8, 4) is 0 Å². The minimum atomic E-state index is -0.733. The van der Waals surface area contributed by atoms with Crippen molar-refractivity contribution in [2.24, 2.45) is 5.92 Å². The number of dihydropyridines is 1. The molecule has 1 aromatic rings. The Balaban J connectivity index is 2.57. The minimum absolute atomic E-state index is 0.0811. The first-order chi connectivity index (χ1) is 15.6. The van der Waals surface area contributed by atoms with Crippen molar-refractivity contribution in [1.29, 1.82) is 0 Å². The summed E-state index contributed by atoms with van der Waals surface area (Å²) < 4.78 is 15.9. The van der Waals surface area contributed by atoms with Gasteiger partial charge in [0.1, 0.15) is 6.61 Å². The molecule has 1 atom stereocenters. The molecule has 0 saturated heterocycles. The highest BCUT2D eigenvalue weighted by Crippen LogP contribution is 2.40. The average molecular weight is 459 g/mol. The topological polar surface area (TPSA) is 103 Å². The lowest BCUT2D eigenvalue weighted by Gasteiger charge is -2.31. The number of amides is 1. The van der Waals surface area contributed by atoms with Gasteiger partial charge in [-0.1, -0.05) is 26.0 Å². The van der Waals surface area contributed by atoms with Crippen LogP contribution in [0.4, 0.5) is 5.69 Å². The van der Waals surface area contributed by atoms with Gasteiger partial charge in [0.15, 0.2) is 0 Å². The van der Waals surface area contributed by atoms with E-state index in [0.29, 0.717) is 33.8 Å². The number of hydrogen-bond donors (Lipinski definition) is 2. The molecule has 0 saturated carbocycles. The van der Waals surface area contributed by atoms with Crippen molar-refractivity contribution in [1.82, 2.24) is 5.32 Å². The number of benzene rings is 1. The second kappa shape index (κ2) is 11.7. The summed E-state index contributed by atoms with van der Waals surface area (Å²) in [5.41, 5.74) is 3.03. The van der Waals surface area contributed by atoms with Crippen LogP contribution in [0.1, 0.15) is 53.0 Å². The molecule has 1 amide bonds. The van der Waals surface area contributed by atoms with Crippen molar-refractivity contribution >= 4 is 23.5 Å². The molecule has 1 heterocycles. The fraction of sp³-hybridized carbons (Fsp3) is 0.480. The second-order valence-corrected chi connectivity index (χ2v) is 8.49. The van der Waals surface area contributed by atoms with Crippen molar-refractivity contribution < 1.29 is 28.6 Å². The molecule has 180 valence electrons. The van der Waals surface area contributed by atoms with Crippen LogP contribution in [-0.2, 0) is 28.6 Å². The zero-order chi connectivity index (χ0) is 24.7. The molecule has 33 heavy (non-hydrogen) atoms. The Morgan fingerprint density at radius 2 is 1.64 bits per heavy atom. The summed E-state index contributed by atoms with van der Waals surface area (Å²) in [4.78, 5) is 38.4. The maximum absolute atomic E-state index is 13.1. The van der Waals surface area contributed by atoms with Gasteiger partial charge in [-0.05, 0) is 45.4 Å².